The van der Waals surface area contributed by atoms with Gasteiger partial charge in [0.1, 0.15) is 10.1 Å². The molecule has 0 N–H and O–H groups in total. The molecular formula is C16H27NOSSi. The molecule has 0 fully saturated rings. The van der Waals surface area contributed by atoms with E-state index in [0.29, 0.717) is 5.92 Å². The van der Waals surface area contributed by atoms with Crippen molar-refractivity contribution in [1.82, 2.24) is 4.98 Å². The van der Waals surface area contributed by atoms with Crippen molar-refractivity contribution in [2.45, 2.75) is 57.8 Å². The van der Waals surface area contributed by atoms with Crippen LogP contribution in [0.15, 0.2) is 40.6 Å². The number of rotatable bonds is 5. The van der Waals surface area contributed by atoms with Gasteiger partial charge >= 0.3 is 0 Å². The maximum atomic E-state index is 6.44. The van der Waals surface area contributed by atoms with Gasteiger partial charge in [0.15, 0.2) is 0 Å². The number of nitrogens with zero attached hydrogens (tertiary/aromatic N) is 1. The number of hydrogen-bond acceptors (Lipinski definition) is 3. The molecule has 0 spiro atoms. The van der Waals surface area contributed by atoms with Gasteiger partial charge in [-0.05, 0) is 54.0 Å². The predicted molar refractivity (Wildman–Crippen MR) is 91.3 cm³/mol. The summed E-state index contributed by atoms with van der Waals surface area (Å²) >= 11 is 1.62. The van der Waals surface area contributed by atoms with Gasteiger partial charge in [0.05, 0.1) is 0 Å². The number of thioether (sulfide) groups is 1. The molecule has 0 saturated carbocycles. The van der Waals surface area contributed by atoms with E-state index in [1.54, 1.807) is 11.8 Å². The Labute approximate surface area is 129 Å². The summed E-state index contributed by atoms with van der Waals surface area (Å²) in [6, 6.07) is 5.97. The van der Waals surface area contributed by atoms with Gasteiger partial charge in [-0.25, -0.2) is 4.98 Å². The van der Waals surface area contributed by atoms with Crippen molar-refractivity contribution in [3.63, 3.8) is 0 Å². The average Bonchev–Trinajstić information content (AvgIpc) is 2.27. The van der Waals surface area contributed by atoms with E-state index >= 15 is 0 Å². The molecule has 0 aliphatic carbocycles. The minimum absolute atomic E-state index is 0.202. The summed E-state index contributed by atoms with van der Waals surface area (Å²) in [5.74, 6) is 0.464. The molecule has 1 aromatic heterocycles. The summed E-state index contributed by atoms with van der Waals surface area (Å²) in [5.41, 5.74) is 0. The number of aromatic nitrogens is 1. The average molecular weight is 310 g/mol. The second-order valence-electron chi connectivity index (χ2n) is 6.86. The van der Waals surface area contributed by atoms with E-state index in [1.165, 1.54) is 0 Å². The normalized spacial score (nSPS) is 13.7. The topological polar surface area (TPSA) is 22.1 Å². The van der Waals surface area contributed by atoms with Crippen LogP contribution in [-0.2, 0) is 4.43 Å². The lowest BCUT2D eigenvalue weighted by molar-refractivity contribution is 0.413. The van der Waals surface area contributed by atoms with Gasteiger partial charge in [-0.15, -0.1) is 0 Å². The SMILES string of the molecule is CC(C)/C=C(\O[Si](C)(C)C(C)(C)C)Sc1ccccn1. The molecule has 0 radical (unpaired) electrons. The fourth-order valence-corrected chi connectivity index (χ4v) is 3.75. The molecule has 0 saturated heterocycles. The molecule has 112 valence electrons. The van der Waals surface area contributed by atoms with Gasteiger partial charge < -0.3 is 4.43 Å². The van der Waals surface area contributed by atoms with Crippen LogP contribution in [0.1, 0.15) is 34.6 Å². The third kappa shape index (κ3) is 5.33. The molecule has 1 rings (SSSR count). The zero-order valence-corrected chi connectivity index (χ0v) is 15.5. The van der Waals surface area contributed by atoms with Crippen molar-refractivity contribution in [2.24, 2.45) is 5.92 Å². The largest absolute Gasteiger partial charge is 0.539 e. The highest BCUT2D eigenvalue weighted by Crippen LogP contribution is 2.40. The van der Waals surface area contributed by atoms with Crippen molar-refractivity contribution >= 4 is 20.1 Å². The summed E-state index contributed by atoms with van der Waals surface area (Å²) < 4.78 is 6.44. The van der Waals surface area contributed by atoms with Crippen LogP contribution < -0.4 is 0 Å². The standard InChI is InChI=1S/C16H27NOSSi/c1-13(2)12-15(18-20(6,7)16(3,4)5)19-14-10-8-9-11-17-14/h8-13H,1-7H3/b15-12+. The Hall–Kier alpha value is -0.743. The van der Waals surface area contributed by atoms with E-state index in [1.807, 2.05) is 24.4 Å². The maximum absolute atomic E-state index is 6.44. The first-order chi connectivity index (χ1) is 9.12. The lowest BCUT2D eigenvalue weighted by Gasteiger charge is -2.37. The molecule has 0 aliphatic rings. The van der Waals surface area contributed by atoms with Gasteiger partial charge in [-0.3, -0.25) is 0 Å². The zero-order chi connectivity index (χ0) is 15.4. The van der Waals surface area contributed by atoms with Crippen molar-refractivity contribution in [3.8, 4) is 0 Å². The van der Waals surface area contributed by atoms with E-state index in [9.17, 15) is 0 Å². The second kappa shape index (κ2) is 6.81. The van der Waals surface area contributed by atoms with Gasteiger partial charge in [0.25, 0.3) is 8.32 Å². The Balaban J connectivity index is 2.92. The molecule has 20 heavy (non-hydrogen) atoms. The molecule has 0 aromatic carbocycles. The van der Waals surface area contributed by atoms with Crippen LogP contribution in [-0.4, -0.2) is 13.3 Å². The molecule has 2 nitrogen and oxygen atoms in total. The molecule has 0 aliphatic heterocycles. The molecule has 0 unspecified atom stereocenters. The first-order valence-electron chi connectivity index (χ1n) is 7.11. The third-order valence-electron chi connectivity index (χ3n) is 3.47. The quantitative estimate of drug-likeness (QED) is 0.396. The lowest BCUT2D eigenvalue weighted by Crippen LogP contribution is -2.40. The Kier molecular flexibility index (Phi) is 5.89. The van der Waals surface area contributed by atoms with Crippen molar-refractivity contribution < 1.29 is 4.43 Å². The molecule has 1 aromatic rings. The maximum Gasteiger partial charge on any atom is 0.251 e. The van der Waals surface area contributed by atoms with Crippen LogP contribution >= 0.6 is 11.8 Å². The number of pyridine rings is 1. The van der Waals surface area contributed by atoms with Gasteiger partial charge in [0, 0.05) is 6.20 Å². The third-order valence-corrected chi connectivity index (χ3v) is 8.84. The Morgan fingerprint density at radius 3 is 2.40 bits per heavy atom. The van der Waals surface area contributed by atoms with Crippen LogP contribution in [0.5, 0.6) is 0 Å². The summed E-state index contributed by atoms with van der Waals surface area (Å²) in [6.45, 7) is 15.7. The first-order valence-corrected chi connectivity index (χ1v) is 10.8. The first kappa shape index (κ1) is 17.3. The fourth-order valence-electron chi connectivity index (χ4n) is 1.28. The molecule has 1 heterocycles. The Bertz CT molecular complexity index is 449. The summed E-state index contributed by atoms with van der Waals surface area (Å²) in [7, 11) is -1.81. The highest BCUT2D eigenvalue weighted by Gasteiger charge is 2.39. The monoisotopic (exact) mass is 309 g/mol. The minimum Gasteiger partial charge on any atom is -0.539 e. The zero-order valence-electron chi connectivity index (χ0n) is 13.7. The number of hydrogen-bond donors (Lipinski definition) is 0. The van der Waals surface area contributed by atoms with Crippen LogP contribution in [0.3, 0.4) is 0 Å². The molecule has 0 amide bonds. The van der Waals surface area contributed by atoms with Gasteiger partial charge in [-0.2, -0.15) is 0 Å². The Morgan fingerprint density at radius 2 is 1.95 bits per heavy atom. The van der Waals surface area contributed by atoms with Crippen LogP contribution in [0, 0.1) is 5.92 Å². The smallest absolute Gasteiger partial charge is 0.251 e. The molecule has 4 heteroatoms. The van der Waals surface area contributed by atoms with Crippen LogP contribution in [0.2, 0.25) is 18.1 Å². The highest BCUT2D eigenvalue weighted by molar-refractivity contribution is 8.02. The number of allylic oxidation sites excluding steroid dienone is 1. The van der Waals surface area contributed by atoms with Crippen LogP contribution in [0.25, 0.3) is 0 Å². The summed E-state index contributed by atoms with van der Waals surface area (Å²) in [5, 5.41) is 2.18. The van der Waals surface area contributed by atoms with E-state index in [4.69, 9.17) is 4.43 Å². The fraction of sp³-hybridized carbons (Fsp3) is 0.562. The van der Waals surface area contributed by atoms with E-state index < -0.39 is 8.32 Å². The van der Waals surface area contributed by atoms with E-state index in [-0.39, 0.29) is 5.04 Å². The molecule has 0 atom stereocenters. The van der Waals surface area contributed by atoms with E-state index in [0.717, 1.165) is 10.1 Å². The van der Waals surface area contributed by atoms with Crippen molar-refractivity contribution in [3.05, 3.63) is 35.6 Å². The van der Waals surface area contributed by atoms with Gasteiger partial charge in [0.2, 0.25) is 0 Å². The summed E-state index contributed by atoms with van der Waals surface area (Å²) in [4.78, 5) is 4.38. The summed E-state index contributed by atoms with van der Waals surface area (Å²) in [6.07, 6.45) is 4.02. The lowest BCUT2D eigenvalue weighted by atomic mass is 10.2. The van der Waals surface area contributed by atoms with Crippen molar-refractivity contribution in [2.75, 3.05) is 0 Å². The van der Waals surface area contributed by atoms with Crippen LogP contribution in [0.4, 0.5) is 0 Å². The van der Waals surface area contributed by atoms with Crippen molar-refractivity contribution in [1.29, 1.82) is 0 Å². The molecule has 0 bridgehead atoms. The predicted octanol–water partition coefficient (Wildman–Crippen LogP) is 5.69. The van der Waals surface area contributed by atoms with Gasteiger partial charge in [-0.1, -0.05) is 40.7 Å². The molecular weight excluding hydrogens is 282 g/mol. The van der Waals surface area contributed by atoms with E-state index in [2.05, 4.69) is 58.8 Å². The highest BCUT2D eigenvalue weighted by atomic mass is 32.2. The second-order valence-corrected chi connectivity index (χ2v) is 12.6. The minimum atomic E-state index is -1.81. The Morgan fingerprint density at radius 1 is 1.30 bits per heavy atom.